The van der Waals surface area contributed by atoms with Crippen LogP contribution in [-0.2, 0) is 14.9 Å². The Morgan fingerprint density at radius 3 is 2.59 bits per heavy atom. The van der Waals surface area contributed by atoms with Crippen LogP contribution in [0.4, 0.5) is 19.3 Å². The van der Waals surface area contributed by atoms with Crippen molar-refractivity contribution in [2.24, 2.45) is 11.8 Å². The fourth-order valence-corrected chi connectivity index (χ4v) is 5.19. The fourth-order valence-electron chi connectivity index (χ4n) is 5.19. The number of cyclic esters (lactones) is 1. The second kappa shape index (κ2) is 8.85. The first-order valence-corrected chi connectivity index (χ1v) is 10.8. The summed E-state index contributed by atoms with van der Waals surface area (Å²) in [6, 6.07) is 11.1. The van der Waals surface area contributed by atoms with Crippen molar-refractivity contribution in [1.82, 2.24) is 10.6 Å². The van der Waals surface area contributed by atoms with Crippen LogP contribution in [0.15, 0.2) is 36.4 Å². The summed E-state index contributed by atoms with van der Waals surface area (Å²) in [5.74, 6) is -1.15. The van der Waals surface area contributed by atoms with Crippen molar-refractivity contribution in [2.75, 3.05) is 31.1 Å². The number of nitrogens with one attached hydrogen (secondary N) is 2. The summed E-state index contributed by atoms with van der Waals surface area (Å²) in [7, 11) is 0. The van der Waals surface area contributed by atoms with E-state index in [9.17, 15) is 19.2 Å². The van der Waals surface area contributed by atoms with Gasteiger partial charge >= 0.3 is 6.09 Å². The number of carbonyl (C=O) groups is 2. The quantitative estimate of drug-likeness (QED) is 0.674. The zero-order valence-corrected chi connectivity index (χ0v) is 19.1. The summed E-state index contributed by atoms with van der Waals surface area (Å²) in [4.78, 5) is 24.5. The molecule has 1 saturated carbocycles. The number of nitrogens with zero attached hydrogens (tertiary/aromatic N) is 2. The monoisotopic (exact) mass is 488 g/mol. The molecular formula is C24H23ClF2N4O3. The predicted molar refractivity (Wildman–Crippen MR) is 122 cm³/mol. The molecule has 3 aliphatic rings. The largest absolute Gasteiger partial charge is 0.442 e. The fraction of sp³-hybridized carbons (Fsp3) is 0.375. The summed E-state index contributed by atoms with van der Waals surface area (Å²) in [5, 5.41) is 15.5. The topological polar surface area (TPSA) is 94.5 Å². The van der Waals surface area contributed by atoms with E-state index in [1.54, 1.807) is 18.2 Å². The van der Waals surface area contributed by atoms with E-state index in [4.69, 9.17) is 4.74 Å². The predicted octanol–water partition coefficient (Wildman–Crippen LogP) is 3.13. The van der Waals surface area contributed by atoms with Gasteiger partial charge in [0, 0.05) is 43.0 Å². The van der Waals surface area contributed by atoms with E-state index >= 15 is 4.39 Å². The number of nitriles is 1. The highest BCUT2D eigenvalue weighted by Crippen LogP contribution is 2.61. The van der Waals surface area contributed by atoms with Crippen LogP contribution >= 0.6 is 12.4 Å². The van der Waals surface area contributed by atoms with Gasteiger partial charge in [-0.05, 0) is 29.8 Å². The van der Waals surface area contributed by atoms with Crippen LogP contribution in [0.1, 0.15) is 12.5 Å². The molecule has 10 heteroatoms. The Hall–Kier alpha value is -3.22. The summed E-state index contributed by atoms with van der Waals surface area (Å²) in [6.45, 7) is 3.10. The lowest BCUT2D eigenvalue weighted by atomic mass is 9.89. The van der Waals surface area contributed by atoms with Gasteiger partial charge in [-0.3, -0.25) is 9.69 Å². The van der Waals surface area contributed by atoms with Gasteiger partial charge in [0.15, 0.2) is 0 Å². The molecule has 3 fully saturated rings. The summed E-state index contributed by atoms with van der Waals surface area (Å²) in [6.07, 6.45) is -1.16. The highest BCUT2D eigenvalue weighted by molar-refractivity contribution is 5.90. The number of ether oxygens (including phenoxy) is 1. The number of piperidine rings is 1. The molecule has 2 aromatic carbocycles. The molecule has 2 aliphatic heterocycles. The van der Waals surface area contributed by atoms with Gasteiger partial charge in [-0.2, -0.15) is 5.26 Å². The molecule has 2 heterocycles. The molecule has 2 amide bonds. The maximum atomic E-state index is 15.1. The number of benzene rings is 2. The van der Waals surface area contributed by atoms with Gasteiger partial charge < -0.3 is 15.4 Å². The Morgan fingerprint density at radius 2 is 1.97 bits per heavy atom. The third-order valence-electron chi connectivity index (χ3n) is 6.90. The van der Waals surface area contributed by atoms with Crippen molar-refractivity contribution in [1.29, 1.82) is 5.26 Å². The smallest absolute Gasteiger partial charge is 0.414 e. The minimum absolute atomic E-state index is 0. The first kappa shape index (κ1) is 23.9. The molecule has 7 nitrogen and oxygen atoms in total. The lowest BCUT2D eigenvalue weighted by Gasteiger charge is -2.17. The molecule has 34 heavy (non-hydrogen) atoms. The maximum absolute atomic E-state index is 15.1. The van der Waals surface area contributed by atoms with Crippen molar-refractivity contribution in [3.05, 3.63) is 53.6 Å². The highest BCUT2D eigenvalue weighted by atomic mass is 35.5. The first-order valence-electron chi connectivity index (χ1n) is 10.8. The van der Waals surface area contributed by atoms with E-state index in [-0.39, 0.29) is 48.8 Å². The zero-order valence-electron chi connectivity index (χ0n) is 18.3. The van der Waals surface area contributed by atoms with Crippen LogP contribution in [-0.4, -0.2) is 44.3 Å². The highest BCUT2D eigenvalue weighted by Gasteiger charge is 2.68. The van der Waals surface area contributed by atoms with E-state index in [1.807, 2.05) is 0 Å². The summed E-state index contributed by atoms with van der Waals surface area (Å²) in [5.41, 5.74) is 0.415. The number of hydrogen-bond acceptors (Lipinski definition) is 5. The number of anilines is 1. The Labute approximate surface area is 201 Å². The maximum Gasteiger partial charge on any atom is 0.414 e. The lowest BCUT2D eigenvalue weighted by Crippen LogP contribution is -2.33. The first-order chi connectivity index (χ1) is 15.8. The van der Waals surface area contributed by atoms with Crippen LogP contribution in [0.2, 0.25) is 0 Å². The molecule has 2 N–H and O–H groups in total. The van der Waals surface area contributed by atoms with E-state index in [0.717, 1.165) is 0 Å². The average Bonchev–Trinajstić information content (AvgIpc) is 3.11. The second-order valence-corrected chi connectivity index (χ2v) is 8.76. The Kier molecular flexibility index (Phi) is 6.23. The second-order valence-electron chi connectivity index (χ2n) is 8.76. The molecule has 4 atom stereocenters. The SMILES string of the molecule is CC(=O)NC[C@H]1CN(c2ccc(-c3ccc(C4(C#N)[C@@H]5CNC[C@@H]54)c(F)c3)c(F)c2)C(=O)O1.Cl. The van der Waals surface area contributed by atoms with Crippen LogP contribution in [0, 0.1) is 34.8 Å². The number of fused-ring (bicyclic) bond motifs is 1. The molecule has 1 aliphatic carbocycles. The van der Waals surface area contributed by atoms with Crippen molar-refractivity contribution in [2.45, 2.75) is 18.4 Å². The molecule has 178 valence electrons. The standard InChI is InChI=1S/C24H22F2N4O3.ClH/c1-13(31)29-8-16-11-30(23(32)33-16)15-3-4-17(21(25)7-15)14-2-5-18(22(26)6-14)24(12-27)19-9-28-10-20(19)24;/h2-7,16,19-20,28H,8-11H2,1H3,(H,29,31);1H/t16-,19-,20+,24?;/m0./s1. The number of rotatable bonds is 5. The molecule has 2 aromatic rings. The Balaban J connectivity index is 0.00000274. The number of carbonyl (C=O) groups excluding carboxylic acids is 2. The van der Waals surface area contributed by atoms with E-state index in [1.165, 1.54) is 30.0 Å². The molecule has 0 radical (unpaired) electrons. The van der Waals surface area contributed by atoms with Gasteiger partial charge in [0.1, 0.15) is 17.7 Å². The third-order valence-corrected chi connectivity index (χ3v) is 6.90. The van der Waals surface area contributed by atoms with Crippen LogP contribution in [0.25, 0.3) is 11.1 Å². The number of halogens is 3. The number of hydrogen-bond donors (Lipinski definition) is 2. The van der Waals surface area contributed by atoms with Crippen LogP contribution in [0.3, 0.4) is 0 Å². The molecule has 0 bridgehead atoms. The van der Waals surface area contributed by atoms with Gasteiger partial charge in [0.2, 0.25) is 5.91 Å². The van der Waals surface area contributed by atoms with Crippen molar-refractivity contribution >= 4 is 30.1 Å². The van der Waals surface area contributed by atoms with Crippen molar-refractivity contribution in [3.8, 4) is 17.2 Å². The summed E-state index contributed by atoms with van der Waals surface area (Å²) >= 11 is 0. The lowest BCUT2D eigenvalue weighted by molar-refractivity contribution is -0.119. The average molecular weight is 489 g/mol. The van der Waals surface area contributed by atoms with Crippen molar-refractivity contribution < 1.29 is 23.1 Å². The zero-order chi connectivity index (χ0) is 23.3. The van der Waals surface area contributed by atoms with E-state index in [0.29, 0.717) is 29.9 Å². The minimum atomic E-state index is -0.805. The van der Waals surface area contributed by atoms with Gasteiger partial charge in [-0.25, -0.2) is 13.6 Å². The molecule has 0 spiro atoms. The molecule has 1 unspecified atom stereocenters. The minimum Gasteiger partial charge on any atom is -0.442 e. The van der Waals surface area contributed by atoms with Crippen molar-refractivity contribution in [3.63, 3.8) is 0 Å². The van der Waals surface area contributed by atoms with Gasteiger partial charge in [-0.15, -0.1) is 12.4 Å². The van der Waals surface area contributed by atoms with Crippen LogP contribution < -0.4 is 15.5 Å². The normalized spacial score (nSPS) is 26.8. The summed E-state index contributed by atoms with van der Waals surface area (Å²) < 4.78 is 35.2. The van der Waals surface area contributed by atoms with Crippen LogP contribution in [0.5, 0.6) is 0 Å². The molecular weight excluding hydrogens is 466 g/mol. The van der Waals surface area contributed by atoms with Gasteiger partial charge in [0.25, 0.3) is 0 Å². The molecule has 2 saturated heterocycles. The molecule has 0 aromatic heterocycles. The van der Waals surface area contributed by atoms with Gasteiger partial charge in [0.05, 0.1) is 30.3 Å². The molecule has 5 rings (SSSR count). The number of amides is 2. The Morgan fingerprint density at radius 1 is 1.24 bits per heavy atom. The van der Waals surface area contributed by atoms with Gasteiger partial charge in [-0.1, -0.05) is 12.1 Å². The third kappa shape index (κ3) is 3.77. The Bertz CT molecular complexity index is 1190. The van der Waals surface area contributed by atoms with E-state index in [2.05, 4.69) is 16.7 Å². The van der Waals surface area contributed by atoms with E-state index < -0.39 is 29.2 Å².